The maximum absolute atomic E-state index is 13.3. The van der Waals surface area contributed by atoms with Crippen molar-refractivity contribution in [1.82, 2.24) is 19.6 Å². The summed E-state index contributed by atoms with van der Waals surface area (Å²) in [5.74, 6) is -0.380. The lowest BCUT2D eigenvalue weighted by molar-refractivity contribution is 0.0634. The zero-order chi connectivity index (χ0) is 20.4. The number of carbonyl (C=O) groups is 1. The number of rotatable bonds is 4. The molecule has 0 bridgehead atoms. The molecule has 1 aliphatic heterocycles. The van der Waals surface area contributed by atoms with Crippen LogP contribution in [-0.2, 0) is 0 Å². The van der Waals surface area contributed by atoms with E-state index in [2.05, 4.69) is 16.9 Å². The Bertz CT molecular complexity index is 1010. The van der Waals surface area contributed by atoms with Crippen LogP contribution < -0.4 is 0 Å². The Morgan fingerprint density at radius 3 is 2.45 bits per heavy atom. The van der Waals surface area contributed by atoms with E-state index in [1.807, 2.05) is 17.0 Å². The van der Waals surface area contributed by atoms with Gasteiger partial charge in [0.15, 0.2) is 0 Å². The number of halogens is 2. The summed E-state index contributed by atoms with van der Waals surface area (Å²) < 4.78 is 14.9. The van der Waals surface area contributed by atoms with Crippen LogP contribution in [0, 0.1) is 5.82 Å². The molecular formula is C22H22ClFN4O. The molecule has 1 aromatic heterocycles. The summed E-state index contributed by atoms with van der Waals surface area (Å²) in [4.78, 5) is 17.5. The van der Waals surface area contributed by atoms with E-state index < -0.39 is 0 Å². The molecule has 2 heterocycles. The van der Waals surface area contributed by atoms with Crippen LogP contribution in [0.25, 0.3) is 16.9 Å². The largest absolute Gasteiger partial charge is 0.335 e. The van der Waals surface area contributed by atoms with E-state index in [1.54, 1.807) is 35.0 Å². The van der Waals surface area contributed by atoms with Gasteiger partial charge in [-0.05, 0) is 55.1 Å². The lowest BCUT2D eigenvalue weighted by atomic mass is 10.1. The molecule has 2 aromatic carbocycles. The van der Waals surface area contributed by atoms with Crippen molar-refractivity contribution in [3.8, 4) is 16.9 Å². The fourth-order valence-corrected chi connectivity index (χ4v) is 3.71. The third kappa shape index (κ3) is 4.18. The van der Waals surface area contributed by atoms with Crippen molar-refractivity contribution in [3.63, 3.8) is 0 Å². The molecule has 1 aliphatic rings. The van der Waals surface area contributed by atoms with E-state index in [-0.39, 0.29) is 11.7 Å². The van der Waals surface area contributed by atoms with E-state index in [9.17, 15) is 9.18 Å². The minimum atomic E-state index is -0.312. The van der Waals surface area contributed by atoms with Gasteiger partial charge in [-0.15, -0.1) is 0 Å². The fraction of sp³-hybridized carbons (Fsp3) is 0.273. The monoisotopic (exact) mass is 412 g/mol. The predicted octanol–water partition coefficient (Wildman–Crippen LogP) is 4.11. The lowest BCUT2D eigenvalue weighted by Crippen LogP contribution is -2.48. The Balaban J connectivity index is 1.73. The molecule has 1 saturated heterocycles. The molecule has 0 spiro atoms. The molecular weight excluding hydrogens is 391 g/mol. The minimum absolute atomic E-state index is 0.0680. The number of likely N-dealkylation sites (N-methyl/N-ethyl adjacent to an activating group) is 1. The van der Waals surface area contributed by atoms with Gasteiger partial charge in [-0.1, -0.05) is 24.6 Å². The van der Waals surface area contributed by atoms with Crippen LogP contribution in [0.5, 0.6) is 0 Å². The lowest BCUT2D eigenvalue weighted by Gasteiger charge is -2.34. The van der Waals surface area contributed by atoms with Crippen LogP contribution in [0.2, 0.25) is 5.02 Å². The maximum Gasteiger partial charge on any atom is 0.272 e. The van der Waals surface area contributed by atoms with E-state index >= 15 is 0 Å². The van der Waals surface area contributed by atoms with E-state index in [0.29, 0.717) is 35.2 Å². The van der Waals surface area contributed by atoms with Gasteiger partial charge in [-0.3, -0.25) is 4.79 Å². The van der Waals surface area contributed by atoms with Gasteiger partial charge in [0.25, 0.3) is 5.91 Å². The van der Waals surface area contributed by atoms with Crippen LogP contribution in [0.3, 0.4) is 0 Å². The first kappa shape index (κ1) is 19.6. The van der Waals surface area contributed by atoms with Crippen LogP contribution in [0.15, 0.2) is 54.6 Å². The summed E-state index contributed by atoms with van der Waals surface area (Å²) >= 11 is 6.16. The first-order valence-electron chi connectivity index (χ1n) is 9.68. The molecule has 0 N–H and O–H groups in total. The first-order chi connectivity index (χ1) is 14.0. The van der Waals surface area contributed by atoms with Gasteiger partial charge < -0.3 is 9.80 Å². The highest BCUT2D eigenvalue weighted by molar-refractivity contribution is 6.30. The van der Waals surface area contributed by atoms with Crippen molar-refractivity contribution in [3.05, 3.63) is 71.1 Å². The molecule has 3 aromatic rings. The molecule has 5 nitrogen and oxygen atoms in total. The molecule has 0 radical (unpaired) electrons. The third-order valence-corrected chi connectivity index (χ3v) is 5.46. The molecule has 4 rings (SSSR count). The van der Waals surface area contributed by atoms with Gasteiger partial charge >= 0.3 is 0 Å². The number of hydrogen-bond acceptors (Lipinski definition) is 3. The van der Waals surface area contributed by atoms with Crippen LogP contribution in [-0.4, -0.2) is 58.2 Å². The number of amides is 1. The first-order valence-corrected chi connectivity index (χ1v) is 10.1. The van der Waals surface area contributed by atoms with Gasteiger partial charge in [-0.2, -0.15) is 5.10 Å². The molecule has 0 atom stereocenters. The van der Waals surface area contributed by atoms with E-state index in [0.717, 1.165) is 25.2 Å². The van der Waals surface area contributed by atoms with Crippen LogP contribution in [0.1, 0.15) is 17.4 Å². The number of benzene rings is 2. The zero-order valence-electron chi connectivity index (χ0n) is 16.2. The third-order valence-electron chi connectivity index (χ3n) is 5.23. The summed E-state index contributed by atoms with van der Waals surface area (Å²) in [5.41, 5.74) is 2.54. The second-order valence-electron chi connectivity index (χ2n) is 7.04. The Hall–Kier alpha value is -2.70. The summed E-state index contributed by atoms with van der Waals surface area (Å²) in [5, 5.41) is 5.21. The van der Waals surface area contributed by atoms with Crippen molar-refractivity contribution in [2.45, 2.75) is 6.92 Å². The smallest absolute Gasteiger partial charge is 0.272 e. The normalized spacial score (nSPS) is 14.9. The van der Waals surface area contributed by atoms with Gasteiger partial charge in [0.1, 0.15) is 11.5 Å². The number of nitrogens with zero attached hydrogens (tertiary/aromatic N) is 4. The molecule has 7 heteroatoms. The van der Waals surface area contributed by atoms with Gasteiger partial charge in [0, 0.05) is 36.8 Å². The topological polar surface area (TPSA) is 41.4 Å². The highest BCUT2D eigenvalue weighted by atomic mass is 35.5. The minimum Gasteiger partial charge on any atom is -0.335 e. The van der Waals surface area contributed by atoms with Crippen molar-refractivity contribution in [2.75, 3.05) is 32.7 Å². The Kier molecular flexibility index (Phi) is 5.65. The Labute approximate surface area is 174 Å². The molecule has 0 aliphatic carbocycles. The Morgan fingerprint density at radius 2 is 1.79 bits per heavy atom. The van der Waals surface area contributed by atoms with Gasteiger partial charge in [0.05, 0.1) is 11.4 Å². The van der Waals surface area contributed by atoms with Crippen LogP contribution >= 0.6 is 11.6 Å². The van der Waals surface area contributed by atoms with Gasteiger partial charge in [0.2, 0.25) is 0 Å². The SMILES string of the molecule is CCN1CCN(C(=O)c2cc(-c3ccc(F)cc3)nn2-c2cccc(Cl)c2)CC1. The van der Waals surface area contributed by atoms with Gasteiger partial charge in [-0.25, -0.2) is 9.07 Å². The average molecular weight is 413 g/mol. The van der Waals surface area contributed by atoms with Crippen molar-refractivity contribution >= 4 is 17.5 Å². The summed E-state index contributed by atoms with van der Waals surface area (Å²) in [6, 6.07) is 15.1. The molecule has 0 saturated carbocycles. The fourth-order valence-electron chi connectivity index (χ4n) is 3.53. The average Bonchev–Trinajstić information content (AvgIpc) is 3.19. The number of piperazine rings is 1. The number of aromatic nitrogens is 2. The molecule has 1 amide bonds. The van der Waals surface area contributed by atoms with Crippen molar-refractivity contribution < 1.29 is 9.18 Å². The summed E-state index contributed by atoms with van der Waals surface area (Å²) in [7, 11) is 0. The van der Waals surface area contributed by atoms with Crippen LogP contribution in [0.4, 0.5) is 4.39 Å². The molecule has 29 heavy (non-hydrogen) atoms. The quantitative estimate of drug-likeness (QED) is 0.647. The standard InChI is InChI=1S/C22H22ClFN4O/c1-2-26-10-12-27(13-11-26)22(29)21-15-20(16-6-8-18(24)9-7-16)25-28(21)19-5-3-4-17(23)14-19/h3-9,14-15H,2,10-13H2,1H3. The number of hydrogen-bond donors (Lipinski definition) is 0. The predicted molar refractivity (Wildman–Crippen MR) is 112 cm³/mol. The molecule has 150 valence electrons. The summed E-state index contributed by atoms with van der Waals surface area (Å²) in [6.07, 6.45) is 0. The Morgan fingerprint density at radius 1 is 1.07 bits per heavy atom. The van der Waals surface area contributed by atoms with Crippen molar-refractivity contribution in [1.29, 1.82) is 0 Å². The summed E-state index contributed by atoms with van der Waals surface area (Å²) in [6.45, 7) is 6.19. The molecule has 0 unspecified atom stereocenters. The second-order valence-corrected chi connectivity index (χ2v) is 7.48. The maximum atomic E-state index is 13.3. The van der Waals surface area contributed by atoms with E-state index in [4.69, 9.17) is 11.6 Å². The highest BCUT2D eigenvalue weighted by Gasteiger charge is 2.26. The van der Waals surface area contributed by atoms with E-state index in [1.165, 1.54) is 12.1 Å². The second kappa shape index (κ2) is 8.35. The molecule has 1 fully saturated rings. The highest BCUT2D eigenvalue weighted by Crippen LogP contribution is 2.24. The number of carbonyl (C=O) groups excluding carboxylic acids is 1. The zero-order valence-corrected chi connectivity index (χ0v) is 16.9. The van der Waals surface area contributed by atoms with Crippen molar-refractivity contribution in [2.24, 2.45) is 0 Å².